The van der Waals surface area contributed by atoms with Gasteiger partial charge >= 0.3 is 6.03 Å². The van der Waals surface area contributed by atoms with E-state index >= 15 is 0 Å². The number of nitrogens with zero attached hydrogens (tertiary/aromatic N) is 4. The lowest BCUT2D eigenvalue weighted by Gasteiger charge is -2.44. The van der Waals surface area contributed by atoms with Crippen LogP contribution in [0.1, 0.15) is 61.8 Å². The molecule has 2 aromatic rings. The number of methoxy groups -OCH3 is 1. The van der Waals surface area contributed by atoms with Crippen LogP contribution in [0, 0.1) is 0 Å². The fourth-order valence-corrected chi connectivity index (χ4v) is 5.25. The summed E-state index contributed by atoms with van der Waals surface area (Å²) in [7, 11) is 1.57. The Bertz CT molecular complexity index is 1040. The molecule has 3 atom stereocenters. The van der Waals surface area contributed by atoms with Crippen LogP contribution in [0.3, 0.4) is 0 Å². The zero-order valence-corrected chi connectivity index (χ0v) is 18.8. The Morgan fingerprint density at radius 3 is 2.82 bits per heavy atom. The summed E-state index contributed by atoms with van der Waals surface area (Å²) in [6.45, 7) is 7.43. The molecule has 33 heavy (non-hydrogen) atoms. The topological polar surface area (TPSA) is 93.8 Å². The highest BCUT2D eigenvalue weighted by atomic mass is 16.5. The van der Waals surface area contributed by atoms with Crippen LogP contribution in [0.2, 0.25) is 0 Å². The number of H-pyrrole nitrogens is 1. The molecule has 5 rings (SSSR count). The molecular weight excluding hydrogens is 420 g/mol. The van der Waals surface area contributed by atoms with Gasteiger partial charge in [-0.2, -0.15) is 5.10 Å². The number of anilines is 1. The maximum Gasteiger partial charge on any atom is 0.321 e. The minimum atomic E-state index is -0.262. The van der Waals surface area contributed by atoms with Gasteiger partial charge in [0.2, 0.25) is 0 Å². The molecule has 2 fully saturated rings. The number of nitrogens with one attached hydrogen (secondary N) is 2. The number of hydrogen-bond donors (Lipinski definition) is 2. The van der Waals surface area contributed by atoms with Crippen molar-refractivity contribution in [3.05, 3.63) is 41.1 Å². The van der Waals surface area contributed by atoms with Crippen molar-refractivity contribution < 1.29 is 14.3 Å². The van der Waals surface area contributed by atoms with Crippen molar-refractivity contribution in [3.63, 3.8) is 0 Å². The third-order valence-corrected chi connectivity index (χ3v) is 7.11. The number of urea groups is 1. The van der Waals surface area contributed by atoms with Gasteiger partial charge in [0.05, 0.1) is 25.4 Å². The van der Waals surface area contributed by atoms with Gasteiger partial charge in [-0.3, -0.25) is 14.8 Å². The van der Waals surface area contributed by atoms with Crippen molar-refractivity contribution in [3.8, 4) is 5.75 Å². The predicted molar refractivity (Wildman–Crippen MR) is 126 cm³/mol. The van der Waals surface area contributed by atoms with E-state index in [2.05, 4.69) is 27.3 Å². The molecule has 3 amide bonds. The number of ether oxygens (including phenoxy) is 1. The fraction of sp³-hybridized carbons (Fsp3) is 0.542. The molecule has 0 radical (unpaired) electrons. The number of amides is 3. The number of rotatable bonds is 3. The van der Waals surface area contributed by atoms with E-state index < -0.39 is 0 Å². The van der Waals surface area contributed by atoms with Crippen molar-refractivity contribution in [1.29, 1.82) is 0 Å². The lowest BCUT2D eigenvalue weighted by molar-refractivity contribution is 0.0580. The molecule has 9 heteroatoms. The van der Waals surface area contributed by atoms with E-state index in [1.165, 1.54) is 6.42 Å². The summed E-state index contributed by atoms with van der Waals surface area (Å²) in [4.78, 5) is 32.7. The van der Waals surface area contributed by atoms with Crippen LogP contribution in [-0.4, -0.2) is 75.7 Å². The first-order valence-corrected chi connectivity index (χ1v) is 11.3. The quantitative estimate of drug-likeness (QED) is 0.741. The first kappa shape index (κ1) is 23.1. The maximum atomic E-state index is 13.5. The minimum Gasteiger partial charge on any atom is -0.497 e. The second-order valence-corrected chi connectivity index (χ2v) is 9.03. The largest absolute Gasteiger partial charge is 0.497 e. The normalized spacial score (nSPS) is 24.2. The van der Waals surface area contributed by atoms with Gasteiger partial charge in [-0.05, 0) is 51.4 Å². The van der Waals surface area contributed by atoms with Crippen molar-refractivity contribution >= 4 is 17.8 Å². The Hall–Kier alpha value is -3.07. The Kier molecular flexibility index (Phi) is 6.34. The summed E-state index contributed by atoms with van der Waals surface area (Å²) in [6, 6.07) is 7.58. The molecule has 3 aliphatic heterocycles. The van der Waals surface area contributed by atoms with Crippen LogP contribution in [0.25, 0.3) is 0 Å². The molecule has 1 aromatic heterocycles. The monoisotopic (exact) mass is 454 g/mol. The van der Waals surface area contributed by atoms with Crippen molar-refractivity contribution in [2.45, 2.75) is 58.8 Å². The maximum absolute atomic E-state index is 13.5. The van der Waals surface area contributed by atoms with Crippen molar-refractivity contribution in [1.82, 2.24) is 24.9 Å². The average Bonchev–Trinajstić information content (AvgIpc) is 3.50. The number of piperazine rings is 1. The molecule has 0 saturated carbocycles. The zero-order valence-electron chi connectivity index (χ0n) is 18.8. The number of aromatic amines is 1. The smallest absolute Gasteiger partial charge is 0.321 e. The Labute approximate surface area is 195 Å². The lowest BCUT2D eigenvalue weighted by Crippen LogP contribution is -2.59. The SMILES string of the molecule is C.COc1cccc(C(=O)Nc2n[nH]c3c2CN(C(=O)N2C[C@@H]4CCCN4C[C@@H]2C)C3C)c1. The molecule has 4 heterocycles. The van der Waals surface area contributed by atoms with Gasteiger partial charge in [-0.1, -0.05) is 13.5 Å². The van der Waals surface area contributed by atoms with Crippen LogP contribution in [-0.2, 0) is 6.54 Å². The van der Waals surface area contributed by atoms with E-state index in [1.807, 2.05) is 16.7 Å². The van der Waals surface area contributed by atoms with Gasteiger partial charge in [-0.15, -0.1) is 0 Å². The highest BCUT2D eigenvalue weighted by Crippen LogP contribution is 2.37. The van der Waals surface area contributed by atoms with E-state index in [-0.39, 0.29) is 31.4 Å². The average molecular weight is 455 g/mol. The van der Waals surface area contributed by atoms with Crippen LogP contribution in [0.15, 0.2) is 24.3 Å². The second kappa shape index (κ2) is 9.05. The summed E-state index contributed by atoms with van der Waals surface area (Å²) in [5.74, 6) is 0.831. The van der Waals surface area contributed by atoms with Crippen LogP contribution >= 0.6 is 0 Å². The molecule has 1 aromatic carbocycles. The predicted octanol–water partition coefficient (Wildman–Crippen LogP) is 3.47. The van der Waals surface area contributed by atoms with Gasteiger partial charge in [0.25, 0.3) is 5.91 Å². The van der Waals surface area contributed by atoms with Gasteiger partial charge < -0.3 is 19.9 Å². The second-order valence-electron chi connectivity index (χ2n) is 9.03. The van der Waals surface area contributed by atoms with Gasteiger partial charge in [-0.25, -0.2) is 4.79 Å². The third kappa shape index (κ3) is 4.06. The van der Waals surface area contributed by atoms with Gasteiger partial charge in [0.1, 0.15) is 5.75 Å². The van der Waals surface area contributed by atoms with Crippen LogP contribution < -0.4 is 10.1 Å². The van der Waals surface area contributed by atoms with E-state index in [9.17, 15) is 9.59 Å². The van der Waals surface area contributed by atoms with E-state index in [1.54, 1.807) is 31.4 Å². The highest BCUT2D eigenvalue weighted by molar-refractivity contribution is 6.04. The van der Waals surface area contributed by atoms with Gasteiger partial charge in [0.15, 0.2) is 5.82 Å². The number of hydrogen-bond acceptors (Lipinski definition) is 5. The Balaban J connectivity index is 0.00000259. The number of carbonyl (C=O) groups is 2. The van der Waals surface area contributed by atoms with Crippen molar-refractivity contribution in [2.24, 2.45) is 0 Å². The molecule has 9 nitrogen and oxygen atoms in total. The first-order valence-electron chi connectivity index (χ1n) is 11.3. The molecule has 2 N–H and O–H groups in total. The molecule has 2 saturated heterocycles. The Morgan fingerprint density at radius 2 is 2.03 bits per heavy atom. The summed E-state index contributed by atoms with van der Waals surface area (Å²) in [5.41, 5.74) is 2.24. The molecule has 0 spiro atoms. The summed E-state index contributed by atoms with van der Waals surface area (Å²) >= 11 is 0. The van der Waals surface area contributed by atoms with E-state index in [0.717, 1.165) is 37.3 Å². The number of benzene rings is 1. The lowest BCUT2D eigenvalue weighted by atomic mass is 10.1. The fourth-order valence-electron chi connectivity index (χ4n) is 5.25. The van der Waals surface area contributed by atoms with Gasteiger partial charge in [0, 0.05) is 36.3 Å². The zero-order chi connectivity index (χ0) is 22.4. The number of fused-ring (bicyclic) bond motifs is 2. The number of carbonyl (C=O) groups excluding carboxylic acids is 2. The summed E-state index contributed by atoms with van der Waals surface area (Å²) < 4.78 is 5.21. The van der Waals surface area contributed by atoms with E-state index in [4.69, 9.17) is 4.74 Å². The van der Waals surface area contributed by atoms with Crippen LogP contribution in [0.4, 0.5) is 10.6 Å². The molecule has 0 aliphatic carbocycles. The van der Waals surface area contributed by atoms with Crippen molar-refractivity contribution in [2.75, 3.05) is 32.1 Å². The standard InChI is InChI=1S/C23H30N6O3.CH4/c1-14-11-27-9-5-7-17(27)12-28(14)23(31)29-13-19-20(15(29)2)25-26-21(19)24-22(30)16-6-4-8-18(10-16)32-3;/h4,6,8,10,14-15,17H,5,7,9,11-13H2,1-3H3,(H2,24,25,26,30);1H4/t14-,15?,17-;/m0./s1. The minimum absolute atomic E-state index is 0. The third-order valence-electron chi connectivity index (χ3n) is 7.11. The first-order chi connectivity index (χ1) is 15.5. The van der Waals surface area contributed by atoms with Crippen LogP contribution in [0.5, 0.6) is 5.75 Å². The molecular formula is C24H34N6O3. The summed E-state index contributed by atoms with van der Waals surface area (Å²) in [5, 5.41) is 10.2. The van der Waals surface area contributed by atoms with E-state index in [0.29, 0.717) is 29.7 Å². The summed E-state index contributed by atoms with van der Waals surface area (Å²) in [6.07, 6.45) is 2.38. The molecule has 3 aliphatic rings. The number of aromatic nitrogens is 2. The Morgan fingerprint density at radius 1 is 1.21 bits per heavy atom. The molecule has 178 valence electrons. The molecule has 0 bridgehead atoms. The molecule has 1 unspecified atom stereocenters. The highest BCUT2D eigenvalue weighted by Gasteiger charge is 2.42.